The van der Waals surface area contributed by atoms with Crippen molar-refractivity contribution in [3.63, 3.8) is 0 Å². The van der Waals surface area contributed by atoms with Crippen molar-refractivity contribution in [3.8, 4) is 0 Å². The Morgan fingerprint density at radius 1 is 1.26 bits per heavy atom. The van der Waals surface area contributed by atoms with Crippen molar-refractivity contribution in [1.29, 1.82) is 0 Å². The van der Waals surface area contributed by atoms with E-state index in [9.17, 15) is 0 Å². The minimum absolute atomic E-state index is 0.710. The van der Waals surface area contributed by atoms with Gasteiger partial charge in [0.25, 0.3) is 0 Å². The molecule has 0 spiro atoms. The van der Waals surface area contributed by atoms with E-state index < -0.39 is 0 Å². The molecule has 4 nitrogen and oxygen atoms in total. The zero-order valence-electron chi connectivity index (χ0n) is 11.1. The van der Waals surface area contributed by atoms with Crippen LogP contribution in [0.1, 0.15) is 34.1 Å². The third-order valence-corrected chi connectivity index (χ3v) is 4.52. The van der Waals surface area contributed by atoms with Gasteiger partial charge in [0.15, 0.2) is 0 Å². The lowest BCUT2D eigenvalue weighted by atomic mass is 10.0. The molecule has 19 heavy (non-hydrogen) atoms. The number of rotatable bonds is 4. The van der Waals surface area contributed by atoms with Gasteiger partial charge in [-0.05, 0) is 38.7 Å². The zero-order valence-corrected chi connectivity index (χ0v) is 12.0. The van der Waals surface area contributed by atoms with Gasteiger partial charge in [0.1, 0.15) is 0 Å². The fourth-order valence-corrected chi connectivity index (χ4v) is 3.48. The molecule has 0 saturated heterocycles. The predicted molar refractivity (Wildman–Crippen MR) is 77.7 cm³/mol. The SMILES string of the molecule is Cc1ccnc(NCCc2nc3c(s2)CCCC3)n1. The average Bonchev–Trinajstić information content (AvgIpc) is 2.81. The first-order valence-corrected chi connectivity index (χ1v) is 7.64. The number of thiazole rings is 1. The molecule has 0 aromatic carbocycles. The van der Waals surface area contributed by atoms with Gasteiger partial charge in [-0.1, -0.05) is 0 Å². The monoisotopic (exact) mass is 274 g/mol. The quantitative estimate of drug-likeness (QED) is 0.931. The Kier molecular flexibility index (Phi) is 3.73. The number of fused-ring (bicyclic) bond motifs is 1. The summed E-state index contributed by atoms with van der Waals surface area (Å²) in [4.78, 5) is 14.8. The highest BCUT2D eigenvalue weighted by atomic mass is 32.1. The number of anilines is 1. The minimum atomic E-state index is 0.710. The van der Waals surface area contributed by atoms with Crippen molar-refractivity contribution in [2.45, 2.75) is 39.0 Å². The highest BCUT2D eigenvalue weighted by Crippen LogP contribution is 2.26. The van der Waals surface area contributed by atoms with Crippen molar-refractivity contribution in [3.05, 3.63) is 33.5 Å². The second-order valence-electron chi connectivity index (χ2n) is 4.88. The highest BCUT2D eigenvalue weighted by Gasteiger charge is 2.14. The molecule has 2 aromatic heterocycles. The largest absolute Gasteiger partial charge is 0.354 e. The number of nitrogens with zero attached hydrogens (tertiary/aromatic N) is 3. The average molecular weight is 274 g/mol. The first-order valence-electron chi connectivity index (χ1n) is 6.82. The van der Waals surface area contributed by atoms with Gasteiger partial charge in [-0.3, -0.25) is 0 Å². The standard InChI is InChI=1S/C14H18N4S/c1-10-6-8-15-14(17-10)16-9-7-13-18-11-4-2-3-5-12(11)19-13/h6,8H,2-5,7,9H2,1H3,(H,15,16,17). The zero-order chi connectivity index (χ0) is 13.1. The number of aryl methyl sites for hydroxylation is 3. The predicted octanol–water partition coefficient (Wildman–Crippen LogP) is 2.77. The van der Waals surface area contributed by atoms with Gasteiger partial charge in [0, 0.05) is 29.7 Å². The molecule has 0 atom stereocenters. The van der Waals surface area contributed by atoms with Gasteiger partial charge in [0.2, 0.25) is 5.95 Å². The molecule has 2 heterocycles. The third kappa shape index (κ3) is 3.10. The van der Waals surface area contributed by atoms with Crippen molar-refractivity contribution >= 4 is 17.3 Å². The summed E-state index contributed by atoms with van der Waals surface area (Å²) in [5, 5.41) is 4.50. The molecule has 2 aromatic rings. The first-order chi connectivity index (χ1) is 9.31. The minimum Gasteiger partial charge on any atom is -0.354 e. The maximum absolute atomic E-state index is 4.74. The van der Waals surface area contributed by atoms with Crippen molar-refractivity contribution in [2.75, 3.05) is 11.9 Å². The van der Waals surface area contributed by atoms with Crippen molar-refractivity contribution in [1.82, 2.24) is 15.0 Å². The molecule has 5 heteroatoms. The molecular formula is C14H18N4S. The Morgan fingerprint density at radius 2 is 2.16 bits per heavy atom. The fourth-order valence-electron chi connectivity index (χ4n) is 2.33. The van der Waals surface area contributed by atoms with E-state index >= 15 is 0 Å². The Hall–Kier alpha value is -1.49. The van der Waals surface area contributed by atoms with E-state index in [1.165, 1.54) is 41.3 Å². The maximum Gasteiger partial charge on any atom is 0.222 e. The Bertz CT molecular complexity index is 541. The van der Waals surface area contributed by atoms with Crippen molar-refractivity contribution < 1.29 is 0 Å². The van der Waals surface area contributed by atoms with Crippen LogP contribution < -0.4 is 5.32 Å². The van der Waals surface area contributed by atoms with E-state index in [2.05, 4.69) is 15.3 Å². The first kappa shape index (κ1) is 12.5. The number of aromatic nitrogens is 3. The topological polar surface area (TPSA) is 50.7 Å². The van der Waals surface area contributed by atoms with Gasteiger partial charge in [0.05, 0.1) is 10.7 Å². The molecule has 1 aliphatic rings. The second kappa shape index (κ2) is 5.65. The Balaban J connectivity index is 1.56. The molecule has 0 radical (unpaired) electrons. The van der Waals surface area contributed by atoms with Crippen LogP contribution >= 0.6 is 11.3 Å². The molecule has 0 aliphatic heterocycles. The second-order valence-corrected chi connectivity index (χ2v) is 6.05. The molecule has 0 bridgehead atoms. The Morgan fingerprint density at radius 3 is 3.00 bits per heavy atom. The summed E-state index contributed by atoms with van der Waals surface area (Å²) in [6.07, 6.45) is 7.75. The number of hydrogen-bond donors (Lipinski definition) is 1. The molecule has 0 fully saturated rings. The molecule has 100 valence electrons. The lowest BCUT2D eigenvalue weighted by molar-refractivity contribution is 0.680. The van der Waals surface area contributed by atoms with Crippen LogP contribution in [0.4, 0.5) is 5.95 Å². The molecule has 1 aliphatic carbocycles. The lowest BCUT2D eigenvalue weighted by Crippen LogP contribution is -2.08. The van der Waals surface area contributed by atoms with E-state index in [0.717, 1.165) is 18.7 Å². The summed E-state index contributed by atoms with van der Waals surface area (Å²) in [5.74, 6) is 0.710. The van der Waals surface area contributed by atoms with Crippen LogP contribution in [0.5, 0.6) is 0 Å². The summed E-state index contributed by atoms with van der Waals surface area (Å²) < 4.78 is 0. The van der Waals surface area contributed by atoms with Crippen LogP contribution in [0.25, 0.3) is 0 Å². The lowest BCUT2D eigenvalue weighted by Gasteiger charge is -2.06. The third-order valence-electron chi connectivity index (χ3n) is 3.31. The molecule has 0 saturated carbocycles. The van der Waals surface area contributed by atoms with Crippen molar-refractivity contribution in [2.24, 2.45) is 0 Å². The maximum atomic E-state index is 4.74. The molecule has 0 amide bonds. The van der Waals surface area contributed by atoms with Gasteiger partial charge in [-0.25, -0.2) is 15.0 Å². The summed E-state index contributed by atoms with van der Waals surface area (Å²) in [7, 11) is 0. The van der Waals surface area contributed by atoms with Gasteiger partial charge < -0.3 is 5.32 Å². The van der Waals surface area contributed by atoms with E-state index in [1.807, 2.05) is 24.3 Å². The van der Waals surface area contributed by atoms with E-state index in [0.29, 0.717) is 5.95 Å². The normalized spacial score (nSPS) is 14.2. The number of nitrogens with one attached hydrogen (secondary N) is 1. The van der Waals surface area contributed by atoms with Gasteiger partial charge >= 0.3 is 0 Å². The summed E-state index contributed by atoms with van der Waals surface area (Å²) in [6.45, 7) is 2.82. The smallest absolute Gasteiger partial charge is 0.222 e. The van der Waals surface area contributed by atoms with Crippen LogP contribution in [0, 0.1) is 6.92 Å². The molecular weight excluding hydrogens is 256 g/mol. The van der Waals surface area contributed by atoms with Crippen LogP contribution in [-0.4, -0.2) is 21.5 Å². The Labute approximate surface area is 117 Å². The van der Waals surface area contributed by atoms with E-state index in [1.54, 1.807) is 6.20 Å². The molecule has 1 N–H and O–H groups in total. The fraction of sp³-hybridized carbons (Fsp3) is 0.500. The molecule has 0 unspecified atom stereocenters. The molecule has 3 rings (SSSR count). The van der Waals surface area contributed by atoms with Crippen LogP contribution in [0.2, 0.25) is 0 Å². The van der Waals surface area contributed by atoms with E-state index in [-0.39, 0.29) is 0 Å². The summed E-state index contributed by atoms with van der Waals surface area (Å²) >= 11 is 1.88. The van der Waals surface area contributed by atoms with Crippen LogP contribution in [0.3, 0.4) is 0 Å². The summed E-state index contributed by atoms with van der Waals surface area (Å²) in [5.41, 5.74) is 2.33. The number of hydrogen-bond acceptors (Lipinski definition) is 5. The summed E-state index contributed by atoms with van der Waals surface area (Å²) in [6, 6.07) is 1.90. The van der Waals surface area contributed by atoms with Crippen LogP contribution in [0.15, 0.2) is 12.3 Å². The van der Waals surface area contributed by atoms with Crippen LogP contribution in [-0.2, 0) is 19.3 Å². The van der Waals surface area contributed by atoms with Gasteiger partial charge in [-0.2, -0.15) is 0 Å². The highest BCUT2D eigenvalue weighted by molar-refractivity contribution is 7.11. The van der Waals surface area contributed by atoms with E-state index in [4.69, 9.17) is 4.98 Å². The van der Waals surface area contributed by atoms with Gasteiger partial charge in [-0.15, -0.1) is 11.3 Å².